The third-order valence-electron chi connectivity index (χ3n) is 1.14. The van der Waals surface area contributed by atoms with E-state index in [1.54, 1.807) is 19.2 Å². The lowest BCUT2D eigenvalue weighted by atomic mass is 10.2. The quantitative estimate of drug-likeness (QED) is 0.454. The number of allylic oxidation sites excluding steroid dienone is 1. The first-order chi connectivity index (χ1) is 4.84. The van der Waals surface area contributed by atoms with Crippen LogP contribution in [0.5, 0.6) is 0 Å². The van der Waals surface area contributed by atoms with Gasteiger partial charge < -0.3 is 4.52 Å². The van der Waals surface area contributed by atoms with Gasteiger partial charge in [-0.2, -0.15) is 0 Å². The summed E-state index contributed by atoms with van der Waals surface area (Å²) in [5, 5.41) is 3.53. The van der Waals surface area contributed by atoms with Gasteiger partial charge in [0.25, 0.3) is 0 Å². The minimum atomic E-state index is 0.715. The SMILES string of the molecule is Cc1oncc1/C=C/C=O. The van der Waals surface area contributed by atoms with Crippen molar-refractivity contribution in [2.24, 2.45) is 0 Å². The van der Waals surface area contributed by atoms with Gasteiger partial charge in [-0.15, -0.1) is 0 Å². The molecule has 0 aliphatic heterocycles. The van der Waals surface area contributed by atoms with Crippen LogP contribution in [0, 0.1) is 6.92 Å². The van der Waals surface area contributed by atoms with Crippen LogP contribution < -0.4 is 0 Å². The molecule has 1 rings (SSSR count). The number of carbonyl (C=O) groups excluding carboxylic acids is 1. The van der Waals surface area contributed by atoms with Gasteiger partial charge in [0.2, 0.25) is 0 Å². The largest absolute Gasteiger partial charge is 0.361 e. The van der Waals surface area contributed by atoms with Crippen molar-refractivity contribution in [3.05, 3.63) is 23.6 Å². The molecule has 3 nitrogen and oxygen atoms in total. The Morgan fingerprint density at radius 2 is 2.50 bits per heavy atom. The molecule has 1 aromatic heterocycles. The Bertz CT molecular complexity index is 250. The summed E-state index contributed by atoms with van der Waals surface area (Å²) < 4.78 is 4.74. The van der Waals surface area contributed by atoms with Crippen LogP contribution in [0.4, 0.5) is 0 Å². The highest BCUT2D eigenvalue weighted by Gasteiger charge is 1.95. The smallest absolute Gasteiger partial charge is 0.142 e. The molecule has 52 valence electrons. The number of aromatic nitrogens is 1. The maximum Gasteiger partial charge on any atom is 0.142 e. The van der Waals surface area contributed by atoms with Crippen LogP contribution in [0.25, 0.3) is 6.08 Å². The van der Waals surface area contributed by atoms with E-state index in [1.807, 2.05) is 0 Å². The zero-order chi connectivity index (χ0) is 7.40. The molecule has 0 saturated carbocycles. The summed E-state index contributed by atoms with van der Waals surface area (Å²) in [6.07, 6.45) is 5.33. The molecule has 3 heteroatoms. The van der Waals surface area contributed by atoms with Gasteiger partial charge in [-0.25, -0.2) is 0 Å². The zero-order valence-electron chi connectivity index (χ0n) is 5.57. The highest BCUT2D eigenvalue weighted by atomic mass is 16.5. The first-order valence-electron chi connectivity index (χ1n) is 2.87. The Kier molecular flexibility index (Phi) is 1.99. The number of hydrogen-bond acceptors (Lipinski definition) is 3. The Morgan fingerprint density at radius 3 is 3.00 bits per heavy atom. The van der Waals surface area contributed by atoms with E-state index in [0.29, 0.717) is 6.29 Å². The molecule has 0 N–H and O–H groups in total. The average Bonchev–Trinajstić information content (AvgIpc) is 2.31. The molecule has 1 heterocycles. The van der Waals surface area contributed by atoms with Crippen molar-refractivity contribution in [1.29, 1.82) is 0 Å². The van der Waals surface area contributed by atoms with Crippen LogP contribution in [0.2, 0.25) is 0 Å². The fourth-order valence-corrected chi connectivity index (χ4v) is 0.609. The predicted molar refractivity (Wildman–Crippen MR) is 36.3 cm³/mol. The molecular formula is C7H7NO2. The standard InChI is InChI=1S/C7H7NO2/c1-6-7(3-2-4-9)5-8-10-6/h2-5H,1H3/b3-2+. The third kappa shape index (κ3) is 1.31. The Labute approximate surface area is 58.3 Å². The molecular weight excluding hydrogens is 130 g/mol. The second-order valence-corrected chi connectivity index (χ2v) is 1.83. The number of carbonyl (C=O) groups is 1. The van der Waals surface area contributed by atoms with Crippen LogP contribution in [0.3, 0.4) is 0 Å². The molecule has 0 aliphatic rings. The fraction of sp³-hybridized carbons (Fsp3) is 0.143. The Morgan fingerprint density at radius 1 is 1.70 bits per heavy atom. The molecule has 10 heavy (non-hydrogen) atoms. The van der Waals surface area contributed by atoms with Gasteiger partial charge in [0.05, 0.1) is 6.20 Å². The van der Waals surface area contributed by atoms with E-state index in [1.165, 1.54) is 6.08 Å². The van der Waals surface area contributed by atoms with Gasteiger partial charge in [-0.3, -0.25) is 4.79 Å². The minimum Gasteiger partial charge on any atom is -0.361 e. The maximum absolute atomic E-state index is 9.87. The Balaban J connectivity index is 2.83. The normalized spacial score (nSPS) is 10.5. The van der Waals surface area contributed by atoms with Gasteiger partial charge in [-0.05, 0) is 19.1 Å². The predicted octanol–water partition coefficient (Wildman–Crippen LogP) is 1.20. The number of aldehydes is 1. The van der Waals surface area contributed by atoms with Crippen LogP contribution in [0.15, 0.2) is 16.8 Å². The third-order valence-corrected chi connectivity index (χ3v) is 1.14. The highest BCUT2D eigenvalue weighted by Crippen LogP contribution is 2.06. The molecule has 0 amide bonds. The monoisotopic (exact) mass is 137 g/mol. The Hall–Kier alpha value is -1.38. The summed E-state index contributed by atoms with van der Waals surface area (Å²) in [5.74, 6) is 0.720. The molecule has 0 bridgehead atoms. The molecule has 0 aromatic carbocycles. The van der Waals surface area contributed by atoms with Crippen molar-refractivity contribution in [1.82, 2.24) is 5.16 Å². The molecule has 0 aliphatic carbocycles. The fourth-order valence-electron chi connectivity index (χ4n) is 0.609. The maximum atomic E-state index is 9.87. The van der Waals surface area contributed by atoms with Crippen molar-refractivity contribution < 1.29 is 9.32 Å². The van der Waals surface area contributed by atoms with Crippen LogP contribution in [-0.2, 0) is 4.79 Å². The van der Waals surface area contributed by atoms with Gasteiger partial charge >= 0.3 is 0 Å². The van der Waals surface area contributed by atoms with Crippen molar-refractivity contribution >= 4 is 12.4 Å². The van der Waals surface area contributed by atoms with Gasteiger partial charge in [-0.1, -0.05) is 5.16 Å². The number of hydrogen-bond donors (Lipinski definition) is 0. The van der Waals surface area contributed by atoms with E-state index >= 15 is 0 Å². The van der Waals surface area contributed by atoms with E-state index in [-0.39, 0.29) is 0 Å². The van der Waals surface area contributed by atoms with Crippen molar-refractivity contribution in [3.8, 4) is 0 Å². The first kappa shape index (κ1) is 6.74. The van der Waals surface area contributed by atoms with Gasteiger partial charge in [0.15, 0.2) is 0 Å². The van der Waals surface area contributed by atoms with E-state index < -0.39 is 0 Å². The molecule has 0 fully saturated rings. The summed E-state index contributed by atoms with van der Waals surface area (Å²) in [6, 6.07) is 0. The number of rotatable bonds is 2. The summed E-state index contributed by atoms with van der Waals surface area (Å²) in [5.41, 5.74) is 0.840. The lowest BCUT2D eigenvalue weighted by Gasteiger charge is -1.80. The second kappa shape index (κ2) is 2.96. The zero-order valence-corrected chi connectivity index (χ0v) is 5.57. The lowest BCUT2D eigenvalue weighted by molar-refractivity contribution is -0.104. The van der Waals surface area contributed by atoms with Crippen LogP contribution >= 0.6 is 0 Å². The summed E-state index contributed by atoms with van der Waals surface area (Å²) in [6.45, 7) is 1.79. The van der Waals surface area contributed by atoms with Crippen molar-refractivity contribution in [2.45, 2.75) is 6.92 Å². The highest BCUT2D eigenvalue weighted by molar-refractivity contribution is 5.73. The topological polar surface area (TPSA) is 43.1 Å². The summed E-state index contributed by atoms with van der Waals surface area (Å²) >= 11 is 0. The van der Waals surface area contributed by atoms with E-state index in [0.717, 1.165) is 11.3 Å². The first-order valence-corrected chi connectivity index (χ1v) is 2.87. The van der Waals surface area contributed by atoms with Gasteiger partial charge in [0, 0.05) is 5.56 Å². The second-order valence-electron chi connectivity index (χ2n) is 1.83. The molecule has 0 spiro atoms. The van der Waals surface area contributed by atoms with Crippen LogP contribution in [-0.4, -0.2) is 11.4 Å². The molecule has 0 atom stereocenters. The molecule has 0 unspecified atom stereocenters. The number of aryl methyl sites for hydroxylation is 1. The molecule has 1 aromatic rings. The average molecular weight is 137 g/mol. The van der Waals surface area contributed by atoms with Crippen molar-refractivity contribution in [3.63, 3.8) is 0 Å². The van der Waals surface area contributed by atoms with E-state index in [2.05, 4.69) is 5.16 Å². The molecule has 0 radical (unpaired) electrons. The van der Waals surface area contributed by atoms with E-state index in [4.69, 9.17) is 4.52 Å². The summed E-state index contributed by atoms with van der Waals surface area (Å²) in [4.78, 5) is 9.87. The molecule has 0 saturated heterocycles. The summed E-state index contributed by atoms with van der Waals surface area (Å²) in [7, 11) is 0. The van der Waals surface area contributed by atoms with Crippen LogP contribution in [0.1, 0.15) is 11.3 Å². The van der Waals surface area contributed by atoms with Gasteiger partial charge in [0.1, 0.15) is 12.0 Å². The number of nitrogens with zero attached hydrogens (tertiary/aromatic N) is 1. The van der Waals surface area contributed by atoms with E-state index in [9.17, 15) is 4.79 Å². The van der Waals surface area contributed by atoms with Crippen molar-refractivity contribution in [2.75, 3.05) is 0 Å². The lowest BCUT2D eigenvalue weighted by Crippen LogP contribution is -1.68. The minimum absolute atomic E-state index is 0.715.